The summed E-state index contributed by atoms with van der Waals surface area (Å²) >= 11 is 0. The molecule has 0 spiro atoms. The van der Waals surface area contributed by atoms with E-state index in [-0.39, 0.29) is 0 Å². The zero-order valence-electron chi connectivity index (χ0n) is 8.28. The smallest absolute Gasteiger partial charge is 0.0246 e. The average Bonchev–Trinajstić information content (AvgIpc) is 2.20. The molecule has 2 rings (SSSR count). The van der Waals surface area contributed by atoms with Crippen LogP contribution in [-0.2, 0) is 0 Å². The highest BCUT2D eigenvalue weighted by atomic mass is 14.6. The van der Waals surface area contributed by atoms with E-state index in [0.29, 0.717) is 10.8 Å². The Balaban J connectivity index is 2.40. The third-order valence-electron chi connectivity index (χ3n) is 5.23. The molecule has 0 heteroatoms. The molecule has 2 bridgehead atoms. The van der Waals surface area contributed by atoms with Gasteiger partial charge in [0.1, 0.15) is 0 Å². The molecular weight excluding hydrogens is 132 g/mol. The predicted octanol–water partition coefficient (Wildman–Crippen LogP) is 3.47. The van der Waals surface area contributed by atoms with E-state index in [1.54, 1.807) is 0 Å². The van der Waals surface area contributed by atoms with Crippen molar-refractivity contribution < 1.29 is 0 Å². The van der Waals surface area contributed by atoms with Gasteiger partial charge in [0.05, 0.1) is 0 Å². The third kappa shape index (κ3) is 0.666. The maximum atomic E-state index is 2.50. The second kappa shape index (κ2) is 1.84. The van der Waals surface area contributed by atoms with Crippen molar-refractivity contribution in [2.24, 2.45) is 22.7 Å². The fourth-order valence-electron chi connectivity index (χ4n) is 3.60. The molecule has 2 aliphatic rings. The van der Waals surface area contributed by atoms with Crippen molar-refractivity contribution >= 4 is 0 Å². The lowest BCUT2D eigenvalue weighted by Crippen LogP contribution is -2.30. The zero-order chi connectivity index (χ0) is 8.28. The van der Waals surface area contributed by atoms with E-state index in [1.165, 1.54) is 19.3 Å². The Morgan fingerprint density at radius 2 is 1.82 bits per heavy atom. The molecule has 11 heavy (non-hydrogen) atoms. The van der Waals surface area contributed by atoms with E-state index in [0.717, 1.165) is 11.8 Å². The Bertz CT molecular complexity index is 180. The minimum absolute atomic E-state index is 0.631. The molecule has 0 aromatic heterocycles. The average molecular weight is 152 g/mol. The van der Waals surface area contributed by atoms with E-state index in [9.17, 15) is 0 Å². The summed E-state index contributed by atoms with van der Waals surface area (Å²) in [5.41, 5.74) is 1.30. The lowest BCUT2D eigenvalue weighted by molar-refractivity contribution is 0.112. The number of hydrogen-bond donors (Lipinski definition) is 0. The molecule has 0 N–H and O–H groups in total. The maximum absolute atomic E-state index is 2.50. The van der Waals surface area contributed by atoms with Gasteiger partial charge in [0.25, 0.3) is 0 Å². The monoisotopic (exact) mass is 152 g/mol. The van der Waals surface area contributed by atoms with Gasteiger partial charge < -0.3 is 0 Å². The van der Waals surface area contributed by atoms with Crippen molar-refractivity contribution in [2.45, 2.75) is 47.0 Å². The molecule has 0 nitrogen and oxygen atoms in total. The minimum Gasteiger partial charge on any atom is -0.0620 e. The first-order valence-corrected chi connectivity index (χ1v) is 4.98. The van der Waals surface area contributed by atoms with Gasteiger partial charge in [0, 0.05) is 0 Å². The molecule has 0 aromatic rings. The number of rotatable bonds is 0. The fourth-order valence-corrected chi connectivity index (χ4v) is 3.60. The summed E-state index contributed by atoms with van der Waals surface area (Å²) in [6, 6.07) is 0. The fraction of sp³-hybridized carbons (Fsp3) is 1.00. The van der Waals surface area contributed by atoms with Crippen molar-refractivity contribution in [1.82, 2.24) is 0 Å². The molecular formula is C11H20. The van der Waals surface area contributed by atoms with Gasteiger partial charge in [-0.05, 0) is 41.9 Å². The van der Waals surface area contributed by atoms with Crippen molar-refractivity contribution in [2.75, 3.05) is 0 Å². The summed E-state index contributed by atoms with van der Waals surface area (Å²) in [6.07, 6.45) is 4.46. The van der Waals surface area contributed by atoms with Gasteiger partial charge in [0.15, 0.2) is 0 Å². The molecule has 2 saturated carbocycles. The highest BCUT2D eigenvalue weighted by Gasteiger charge is 2.59. The van der Waals surface area contributed by atoms with Crippen molar-refractivity contribution in [1.29, 1.82) is 0 Å². The van der Waals surface area contributed by atoms with Crippen LogP contribution in [-0.4, -0.2) is 0 Å². The van der Waals surface area contributed by atoms with Crippen LogP contribution in [0.25, 0.3) is 0 Å². The summed E-state index contributed by atoms with van der Waals surface area (Å²) < 4.78 is 0. The molecule has 0 aliphatic heterocycles. The standard InChI is InChI=1S/C11H20/c1-8-7-9-5-6-11(8,4)10(9,2)3/h8-9H,5-7H2,1-4H3/t8-,9-,11-/m0/s1. The third-order valence-corrected chi connectivity index (χ3v) is 5.23. The van der Waals surface area contributed by atoms with Crippen LogP contribution < -0.4 is 0 Å². The van der Waals surface area contributed by atoms with Gasteiger partial charge in [-0.25, -0.2) is 0 Å². The Labute approximate surface area is 70.4 Å². The lowest BCUT2D eigenvalue weighted by Gasteiger charge is -2.37. The summed E-state index contributed by atoms with van der Waals surface area (Å²) in [4.78, 5) is 0. The first-order chi connectivity index (χ1) is 4.98. The first kappa shape index (κ1) is 7.64. The van der Waals surface area contributed by atoms with E-state index in [2.05, 4.69) is 27.7 Å². The molecule has 2 fully saturated rings. The zero-order valence-corrected chi connectivity index (χ0v) is 8.28. The summed E-state index contributed by atoms with van der Waals surface area (Å²) in [5.74, 6) is 2.00. The van der Waals surface area contributed by atoms with Crippen LogP contribution in [0, 0.1) is 22.7 Å². The summed E-state index contributed by atoms with van der Waals surface area (Å²) in [7, 11) is 0. The van der Waals surface area contributed by atoms with E-state index < -0.39 is 0 Å². The van der Waals surface area contributed by atoms with E-state index in [4.69, 9.17) is 0 Å². The quantitative estimate of drug-likeness (QED) is 0.498. The summed E-state index contributed by atoms with van der Waals surface area (Å²) in [6.45, 7) is 9.91. The molecule has 0 amide bonds. The second-order valence-corrected chi connectivity index (χ2v) is 5.51. The van der Waals surface area contributed by atoms with Gasteiger partial charge >= 0.3 is 0 Å². The Kier molecular flexibility index (Phi) is 1.28. The lowest BCUT2D eigenvalue weighted by atomic mass is 9.67. The van der Waals surface area contributed by atoms with Crippen LogP contribution >= 0.6 is 0 Å². The van der Waals surface area contributed by atoms with Gasteiger partial charge in [-0.3, -0.25) is 0 Å². The number of fused-ring (bicyclic) bond motifs is 2. The van der Waals surface area contributed by atoms with E-state index in [1.807, 2.05) is 0 Å². The molecule has 0 aromatic carbocycles. The van der Waals surface area contributed by atoms with Gasteiger partial charge in [-0.1, -0.05) is 27.7 Å². The SMILES string of the molecule is C[C@H]1C[C@@H]2CC[C@]1(C)C2(C)C. The van der Waals surface area contributed by atoms with Gasteiger partial charge in [0.2, 0.25) is 0 Å². The highest BCUT2D eigenvalue weighted by Crippen LogP contribution is 2.67. The predicted molar refractivity (Wildman–Crippen MR) is 48.4 cm³/mol. The first-order valence-electron chi connectivity index (χ1n) is 4.98. The number of hydrogen-bond acceptors (Lipinski definition) is 0. The molecule has 0 heterocycles. The Morgan fingerprint density at radius 1 is 1.18 bits per heavy atom. The van der Waals surface area contributed by atoms with Crippen LogP contribution in [0.1, 0.15) is 47.0 Å². The van der Waals surface area contributed by atoms with Gasteiger partial charge in [-0.15, -0.1) is 0 Å². The molecule has 0 radical (unpaired) electrons. The van der Waals surface area contributed by atoms with Crippen LogP contribution in [0.15, 0.2) is 0 Å². The normalized spacial score (nSPS) is 53.5. The van der Waals surface area contributed by atoms with Crippen LogP contribution in [0.3, 0.4) is 0 Å². The topological polar surface area (TPSA) is 0 Å². The minimum atomic E-state index is 0.631. The molecule has 3 atom stereocenters. The van der Waals surface area contributed by atoms with Crippen LogP contribution in [0.2, 0.25) is 0 Å². The van der Waals surface area contributed by atoms with E-state index >= 15 is 0 Å². The van der Waals surface area contributed by atoms with Gasteiger partial charge in [-0.2, -0.15) is 0 Å². The maximum Gasteiger partial charge on any atom is -0.0246 e. The molecule has 64 valence electrons. The highest BCUT2D eigenvalue weighted by molar-refractivity contribution is 5.08. The molecule has 0 saturated heterocycles. The van der Waals surface area contributed by atoms with Crippen molar-refractivity contribution in [3.05, 3.63) is 0 Å². The molecule has 2 aliphatic carbocycles. The van der Waals surface area contributed by atoms with Crippen LogP contribution in [0.5, 0.6) is 0 Å². The Hall–Kier alpha value is 0. The van der Waals surface area contributed by atoms with Crippen molar-refractivity contribution in [3.8, 4) is 0 Å². The molecule has 0 unspecified atom stereocenters. The summed E-state index contributed by atoms with van der Waals surface area (Å²) in [5, 5.41) is 0. The largest absolute Gasteiger partial charge is 0.0620 e. The Morgan fingerprint density at radius 3 is 2.00 bits per heavy atom. The van der Waals surface area contributed by atoms with Crippen molar-refractivity contribution in [3.63, 3.8) is 0 Å². The van der Waals surface area contributed by atoms with Crippen LogP contribution in [0.4, 0.5) is 0 Å². The second-order valence-electron chi connectivity index (χ2n) is 5.51.